The molecule has 0 saturated heterocycles. The highest BCUT2D eigenvalue weighted by atomic mass is 16.5. The summed E-state index contributed by atoms with van der Waals surface area (Å²) in [5, 5.41) is 29.2. The summed E-state index contributed by atoms with van der Waals surface area (Å²) in [6, 6.07) is 8.00. The van der Waals surface area contributed by atoms with E-state index < -0.39 is 6.10 Å². The Kier molecular flexibility index (Phi) is 6.97. The van der Waals surface area contributed by atoms with Crippen LogP contribution in [0.15, 0.2) is 30.3 Å². The lowest BCUT2D eigenvalue weighted by molar-refractivity contribution is 0.163. The first-order valence-corrected chi connectivity index (χ1v) is 8.48. The number of aliphatic hydroxyl groups excluding tert-OH is 1. The van der Waals surface area contributed by atoms with E-state index >= 15 is 0 Å². The van der Waals surface area contributed by atoms with Gasteiger partial charge in [0.25, 0.3) is 0 Å². The minimum atomic E-state index is -0.729. The van der Waals surface area contributed by atoms with Gasteiger partial charge in [0, 0.05) is 6.07 Å². The van der Waals surface area contributed by atoms with Gasteiger partial charge in [-0.1, -0.05) is 6.42 Å². The van der Waals surface area contributed by atoms with E-state index in [2.05, 4.69) is 0 Å². The quantitative estimate of drug-likeness (QED) is 0.591. The molecule has 0 aromatic heterocycles. The molecule has 0 saturated carbocycles. The van der Waals surface area contributed by atoms with Gasteiger partial charge in [0.05, 0.1) is 27.4 Å². The van der Waals surface area contributed by atoms with Crippen LogP contribution in [0, 0.1) is 0 Å². The van der Waals surface area contributed by atoms with E-state index in [1.807, 2.05) is 12.1 Å². The van der Waals surface area contributed by atoms with Crippen molar-refractivity contribution in [3.63, 3.8) is 0 Å². The molecule has 0 heterocycles. The van der Waals surface area contributed by atoms with Crippen LogP contribution in [0.25, 0.3) is 0 Å². The third-order valence-electron chi connectivity index (χ3n) is 4.23. The van der Waals surface area contributed by atoms with Gasteiger partial charge in [-0.3, -0.25) is 0 Å². The van der Waals surface area contributed by atoms with Gasteiger partial charge >= 0.3 is 0 Å². The molecule has 0 spiro atoms. The zero-order valence-corrected chi connectivity index (χ0v) is 15.4. The molecule has 0 unspecified atom stereocenters. The van der Waals surface area contributed by atoms with Gasteiger partial charge in [0.2, 0.25) is 5.75 Å². The van der Waals surface area contributed by atoms with E-state index in [1.165, 1.54) is 18.2 Å². The Labute approximate surface area is 153 Å². The van der Waals surface area contributed by atoms with Crippen LogP contribution in [0.1, 0.15) is 36.5 Å². The largest absolute Gasteiger partial charge is 0.508 e. The molecule has 3 N–H and O–H groups in total. The molecule has 2 aromatic carbocycles. The molecule has 6 nitrogen and oxygen atoms in total. The minimum Gasteiger partial charge on any atom is -0.508 e. The van der Waals surface area contributed by atoms with Crippen molar-refractivity contribution in [3.8, 4) is 28.7 Å². The van der Waals surface area contributed by atoms with Gasteiger partial charge in [-0.25, -0.2) is 0 Å². The summed E-state index contributed by atoms with van der Waals surface area (Å²) in [7, 11) is 4.74. The lowest BCUT2D eigenvalue weighted by atomic mass is 10.0. The van der Waals surface area contributed by atoms with E-state index in [1.54, 1.807) is 21.3 Å². The minimum absolute atomic E-state index is 0.0588. The van der Waals surface area contributed by atoms with Crippen LogP contribution >= 0.6 is 0 Å². The lowest BCUT2D eigenvalue weighted by Gasteiger charge is -2.14. The van der Waals surface area contributed by atoms with Crippen LogP contribution < -0.4 is 14.2 Å². The molecule has 6 heteroatoms. The summed E-state index contributed by atoms with van der Waals surface area (Å²) < 4.78 is 16.0. The van der Waals surface area contributed by atoms with Gasteiger partial charge in [-0.05, 0) is 54.7 Å². The molecular formula is C20H26O6. The number of hydrogen-bond acceptors (Lipinski definition) is 6. The van der Waals surface area contributed by atoms with Crippen molar-refractivity contribution in [1.82, 2.24) is 0 Å². The Bertz CT molecular complexity index is 683. The van der Waals surface area contributed by atoms with Crippen LogP contribution in [0.4, 0.5) is 0 Å². The van der Waals surface area contributed by atoms with Gasteiger partial charge in [-0.2, -0.15) is 0 Å². The third kappa shape index (κ3) is 4.95. The molecule has 0 radical (unpaired) electrons. The predicted molar refractivity (Wildman–Crippen MR) is 98.4 cm³/mol. The topological polar surface area (TPSA) is 88.4 Å². The van der Waals surface area contributed by atoms with Crippen LogP contribution in [0.2, 0.25) is 0 Å². The third-order valence-corrected chi connectivity index (χ3v) is 4.23. The molecule has 0 aliphatic carbocycles. The Balaban J connectivity index is 1.93. The van der Waals surface area contributed by atoms with E-state index in [9.17, 15) is 15.3 Å². The lowest BCUT2D eigenvalue weighted by Crippen LogP contribution is -1.99. The summed E-state index contributed by atoms with van der Waals surface area (Å²) in [6.07, 6.45) is 2.25. The first-order chi connectivity index (χ1) is 12.5. The number of hydrogen-bond donors (Lipinski definition) is 3. The van der Waals surface area contributed by atoms with Gasteiger partial charge in [0.15, 0.2) is 11.5 Å². The molecule has 2 rings (SSSR count). The molecule has 26 heavy (non-hydrogen) atoms. The summed E-state index contributed by atoms with van der Waals surface area (Å²) in [4.78, 5) is 0. The maximum Gasteiger partial charge on any atom is 0.203 e. The Morgan fingerprint density at radius 3 is 1.88 bits per heavy atom. The summed E-state index contributed by atoms with van der Waals surface area (Å²) in [6.45, 7) is 0. The average molecular weight is 362 g/mol. The molecular weight excluding hydrogens is 336 g/mol. The normalized spacial score (nSPS) is 11.8. The van der Waals surface area contributed by atoms with Crippen LogP contribution in [0.3, 0.4) is 0 Å². The summed E-state index contributed by atoms with van der Waals surface area (Å²) >= 11 is 0. The average Bonchev–Trinajstić information content (AvgIpc) is 2.63. The highest BCUT2D eigenvalue weighted by molar-refractivity contribution is 5.53. The van der Waals surface area contributed by atoms with Crippen molar-refractivity contribution < 1.29 is 29.5 Å². The Hall–Kier alpha value is -2.60. The second-order valence-corrected chi connectivity index (χ2v) is 6.08. The first-order valence-electron chi connectivity index (χ1n) is 8.48. The number of phenolic OH excluding ortho intramolecular Hbond substituents is 2. The number of aryl methyl sites for hydroxylation is 1. The molecule has 0 aliphatic heterocycles. The van der Waals surface area contributed by atoms with Crippen molar-refractivity contribution in [2.45, 2.75) is 31.8 Å². The SMILES string of the molecule is COc1cc(CCCC[C@H](O)c2cc(O)cc(O)c2)cc(OC)c1OC. The van der Waals surface area contributed by atoms with Crippen LogP contribution in [-0.4, -0.2) is 36.6 Å². The second-order valence-electron chi connectivity index (χ2n) is 6.08. The fourth-order valence-corrected chi connectivity index (χ4v) is 2.92. The van der Waals surface area contributed by atoms with E-state index in [4.69, 9.17) is 14.2 Å². The molecule has 0 aliphatic rings. The van der Waals surface area contributed by atoms with Crippen LogP contribution in [0.5, 0.6) is 28.7 Å². The van der Waals surface area contributed by atoms with Crippen molar-refractivity contribution in [3.05, 3.63) is 41.5 Å². The van der Waals surface area contributed by atoms with Crippen molar-refractivity contribution in [2.24, 2.45) is 0 Å². The van der Waals surface area contributed by atoms with Gasteiger partial charge in [0.1, 0.15) is 11.5 Å². The molecule has 142 valence electrons. The van der Waals surface area contributed by atoms with E-state index in [0.717, 1.165) is 24.8 Å². The smallest absolute Gasteiger partial charge is 0.203 e. The monoisotopic (exact) mass is 362 g/mol. The fourth-order valence-electron chi connectivity index (χ4n) is 2.92. The van der Waals surface area contributed by atoms with Gasteiger partial charge < -0.3 is 29.5 Å². The Morgan fingerprint density at radius 2 is 1.38 bits per heavy atom. The first kappa shape index (κ1) is 19.7. The molecule has 2 aromatic rings. The zero-order chi connectivity index (χ0) is 19.1. The van der Waals surface area contributed by atoms with E-state index in [0.29, 0.717) is 29.2 Å². The fraction of sp³-hybridized carbons (Fsp3) is 0.400. The second kappa shape index (κ2) is 9.20. The number of unbranched alkanes of at least 4 members (excludes halogenated alkanes) is 1. The number of rotatable bonds is 9. The Morgan fingerprint density at radius 1 is 0.808 bits per heavy atom. The predicted octanol–water partition coefficient (Wildman–Crippen LogP) is 3.57. The van der Waals surface area contributed by atoms with Crippen molar-refractivity contribution >= 4 is 0 Å². The van der Waals surface area contributed by atoms with Gasteiger partial charge in [-0.15, -0.1) is 0 Å². The highest BCUT2D eigenvalue weighted by Gasteiger charge is 2.14. The van der Waals surface area contributed by atoms with Crippen molar-refractivity contribution in [2.75, 3.05) is 21.3 Å². The molecule has 0 amide bonds. The van der Waals surface area contributed by atoms with E-state index in [-0.39, 0.29) is 11.5 Å². The zero-order valence-electron chi connectivity index (χ0n) is 15.4. The molecule has 0 fully saturated rings. The number of benzene rings is 2. The highest BCUT2D eigenvalue weighted by Crippen LogP contribution is 2.38. The number of phenols is 2. The molecule has 0 bridgehead atoms. The number of aromatic hydroxyl groups is 2. The number of aliphatic hydroxyl groups is 1. The number of methoxy groups -OCH3 is 3. The summed E-state index contributed by atoms with van der Waals surface area (Å²) in [5.74, 6) is 1.69. The van der Waals surface area contributed by atoms with Crippen molar-refractivity contribution in [1.29, 1.82) is 0 Å². The molecule has 1 atom stereocenters. The maximum atomic E-state index is 10.2. The maximum absolute atomic E-state index is 10.2. The standard InChI is InChI=1S/C20H26O6/c1-24-18-8-13(9-19(25-2)20(18)26-3)6-4-5-7-17(23)14-10-15(21)12-16(22)11-14/h8-12,17,21-23H,4-7H2,1-3H3/t17-/m0/s1. The number of ether oxygens (including phenoxy) is 3. The summed E-state index contributed by atoms with van der Waals surface area (Å²) in [5.41, 5.74) is 1.57. The van der Waals surface area contributed by atoms with Crippen LogP contribution in [-0.2, 0) is 6.42 Å².